The minimum Gasteiger partial charge on any atom is -0.166 e. The second-order valence-electron chi connectivity index (χ2n) is 5.34. The Labute approximate surface area is 117 Å². The van der Waals surface area contributed by atoms with Gasteiger partial charge in [-0.05, 0) is 35.1 Å². The van der Waals surface area contributed by atoms with E-state index in [1.54, 1.807) is 42.5 Å². The van der Waals surface area contributed by atoms with E-state index in [4.69, 9.17) is 0 Å². The molecule has 2 rings (SSSR count). The second kappa shape index (κ2) is 5.70. The molecule has 0 N–H and O–H groups in total. The van der Waals surface area contributed by atoms with Gasteiger partial charge in [0.1, 0.15) is 0 Å². The fourth-order valence-electron chi connectivity index (χ4n) is 2.29. The third-order valence-electron chi connectivity index (χ3n) is 3.12. The molecule has 3 heteroatoms. The van der Waals surface area contributed by atoms with E-state index in [1.165, 1.54) is 6.07 Å². The first-order valence-electron chi connectivity index (χ1n) is 6.63. The molecule has 0 bridgehead atoms. The molecule has 0 aromatic heterocycles. The van der Waals surface area contributed by atoms with Gasteiger partial charge < -0.3 is 0 Å². The first-order chi connectivity index (χ1) is 9.38. The van der Waals surface area contributed by atoms with Crippen molar-refractivity contribution >= 4 is 0 Å². The number of alkyl halides is 3. The van der Waals surface area contributed by atoms with Gasteiger partial charge in [0, 0.05) is 0 Å². The van der Waals surface area contributed by atoms with Crippen LogP contribution in [0.15, 0.2) is 48.5 Å². The summed E-state index contributed by atoms with van der Waals surface area (Å²) in [6.07, 6.45) is -3.56. The minimum absolute atomic E-state index is 0.260. The summed E-state index contributed by atoms with van der Waals surface area (Å²) in [7, 11) is 0. The predicted molar refractivity (Wildman–Crippen MR) is 75.4 cm³/mol. The van der Waals surface area contributed by atoms with Crippen LogP contribution >= 0.6 is 0 Å². The van der Waals surface area contributed by atoms with E-state index in [-0.39, 0.29) is 5.56 Å². The molecule has 0 aliphatic rings. The maximum Gasteiger partial charge on any atom is 0.417 e. The summed E-state index contributed by atoms with van der Waals surface area (Å²) in [4.78, 5) is 0. The van der Waals surface area contributed by atoms with Crippen molar-refractivity contribution in [3.63, 3.8) is 0 Å². The molecule has 0 saturated carbocycles. The highest BCUT2D eigenvalue weighted by atomic mass is 19.4. The van der Waals surface area contributed by atoms with Gasteiger partial charge in [0.25, 0.3) is 0 Å². The predicted octanol–water partition coefficient (Wildman–Crippen LogP) is 5.57. The van der Waals surface area contributed by atoms with Gasteiger partial charge in [-0.3, -0.25) is 0 Å². The first kappa shape index (κ1) is 14.6. The van der Waals surface area contributed by atoms with Crippen molar-refractivity contribution in [3.8, 4) is 11.1 Å². The highest BCUT2D eigenvalue weighted by Gasteiger charge is 2.33. The molecule has 0 heterocycles. The Balaban J connectivity index is 2.55. The summed E-state index contributed by atoms with van der Waals surface area (Å²) < 4.78 is 39.4. The van der Waals surface area contributed by atoms with E-state index in [9.17, 15) is 13.2 Å². The lowest BCUT2D eigenvalue weighted by molar-refractivity contribution is -0.137. The number of rotatable bonds is 3. The van der Waals surface area contributed by atoms with E-state index in [1.807, 2.05) is 0 Å². The molecule has 0 radical (unpaired) electrons. The largest absolute Gasteiger partial charge is 0.417 e. The number of benzene rings is 2. The lowest BCUT2D eigenvalue weighted by Gasteiger charge is -2.15. The zero-order valence-electron chi connectivity index (χ0n) is 11.5. The monoisotopic (exact) mass is 278 g/mol. The van der Waals surface area contributed by atoms with Crippen molar-refractivity contribution in [2.24, 2.45) is 5.92 Å². The highest BCUT2D eigenvalue weighted by molar-refractivity contribution is 5.68. The maximum absolute atomic E-state index is 13.1. The zero-order chi connectivity index (χ0) is 14.8. The van der Waals surface area contributed by atoms with Crippen LogP contribution in [0.4, 0.5) is 13.2 Å². The molecule has 0 amide bonds. The van der Waals surface area contributed by atoms with Crippen LogP contribution in [0.3, 0.4) is 0 Å². The molecule has 2 aromatic rings. The summed E-state index contributed by atoms with van der Waals surface area (Å²) >= 11 is 0. The molecular weight excluding hydrogens is 261 g/mol. The summed E-state index contributed by atoms with van der Waals surface area (Å²) in [5.74, 6) is 0.412. The fourth-order valence-corrected chi connectivity index (χ4v) is 2.29. The Bertz CT molecular complexity index is 569. The van der Waals surface area contributed by atoms with Gasteiger partial charge in [0.05, 0.1) is 5.56 Å². The van der Waals surface area contributed by atoms with E-state index in [0.29, 0.717) is 11.5 Å². The van der Waals surface area contributed by atoms with Gasteiger partial charge in [-0.25, -0.2) is 0 Å². The van der Waals surface area contributed by atoms with Gasteiger partial charge in [0.15, 0.2) is 0 Å². The van der Waals surface area contributed by atoms with Crippen LogP contribution in [0.2, 0.25) is 0 Å². The minimum atomic E-state index is -4.33. The molecule has 0 saturated heterocycles. The average molecular weight is 278 g/mol. The molecule has 0 fully saturated rings. The van der Waals surface area contributed by atoms with Crippen LogP contribution in [-0.2, 0) is 12.6 Å². The third kappa shape index (κ3) is 3.41. The van der Waals surface area contributed by atoms with Crippen molar-refractivity contribution in [1.29, 1.82) is 0 Å². The summed E-state index contributed by atoms with van der Waals surface area (Å²) in [5, 5.41) is 0. The Morgan fingerprint density at radius 2 is 1.60 bits per heavy atom. The van der Waals surface area contributed by atoms with Gasteiger partial charge in [-0.1, -0.05) is 56.3 Å². The van der Waals surface area contributed by atoms with Crippen LogP contribution in [0.5, 0.6) is 0 Å². The highest BCUT2D eigenvalue weighted by Crippen LogP contribution is 2.37. The van der Waals surface area contributed by atoms with Crippen molar-refractivity contribution in [2.75, 3.05) is 0 Å². The number of halogens is 3. The molecule has 0 unspecified atom stereocenters. The quantitative estimate of drug-likeness (QED) is 0.688. The summed E-state index contributed by atoms with van der Waals surface area (Å²) in [6, 6.07) is 13.2. The van der Waals surface area contributed by atoms with Gasteiger partial charge in [0.2, 0.25) is 0 Å². The zero-order valence-corrected chi connectivity index (χ0v) is 11.5. The van der Waals surface area contributed by atoms with Gasteiger partial charge in [-0.2, -0.15) is 13.2 Å². The topological polar surface area (TPSA) is 0 Å². The Morgan fingerprint density at radius 1 is 0.950 bits per heavy atom. The van der Waals surface area contributed by atoms with Crippen LogP contribution in [0.1, 0.15) is 25.0 Å². The lowest BCUT2D eigenvalue weighted by atomic mass is 9.94. The lowest BCUT2D eigenvalue weighted by Crippen LogP contribution is -2.08. The normalized spacial score (nSPS) is 11.9. The molecule has 0 aliphatic carbocycles. The Kier molecular flexibility index (Phi) is 4.17. The number of hydrogen-bond acceptors (Lipinski definition) is 0. The second-order valence-corrected chi connectivity index (χ2v) is 5.34. The Morgan fingerprint density at radius 3 is 2.15 bits per heavy atom. The maximum atomic E-state index is 13.1. The van der Waals surface area contributed by atoms with Crippen LogP contribution in [0.25, 0.3) is 11.1 Å². The van der Waals surface area contributed by atoms with Crippen LogP contribution in [-0.4, -0.2) is 0 Å². The van der Waals surface area contributed by atoms with E-state index in [0.717, 1.165) is 12.0 Å². The standard InChI is InChI=1S/C17H17F3/c1-12(2)10-13-8-9-16(17(18,19)20)15(11-13)14-6-4-3-5-7-14/h3-9,11-12H,10H2,1-2H3. The number of hydrogen-bond donors (Lipinski definition) is 0. The molecule has 106 valence electrons. The van der Waals surface area contributed by atoms with E-state index >= 15 is 0 Å². The van der Waals surface area contributed by atoms with E-state index < -0.39 is 11.7 Å². The van der Waals surface area contributed by atoms with Crippen molar-refractivity contribution in [1.82, 2.24) is 0 Å². The first-order valence-corrected chi connectivity index (χ1v) is 6.63. The molecule has 2 aromatic carbocycles. The molecule has 0 atom stereocenters. The SMILES string of the molecule is CC(C)Cc1ccc(C(F)(F)F)c(-c2ccccc2)c1. The summed E-state index contributed by atoms with van der Waals surface area (Å²) in [6.45, 7) is 4.11. The van der Waals surface area contributed by atoms with Crippen molar-refractivity contribution in [3.05, 3.63) is 59.7 Å². The van der Waals surface area contributed by atoms with Gasteiger partial charge >= 0.3 is 6.18 Å². The average Bonchev–Trinajstić information content (AvgIpc) is 2.37. The van der Waals surface area contributed by atoms with E-state index in [2.05, 4.69) is 13.8 Å². The smallest absolute Gasteiger partial charge is 0.166 e. The Hall–Kier alpha value is -1.77. The third-order valence-corrected chi connectivity index (χ3v) is 3.12. The van der Waals surface area contributed by atoms with Crippen LogP contribution in [0, 0.1) is 5.92 Å². The van der Waals surface area contributed by atoms with Crippen molar-refractivity contribution in [2.45, 2.75) is 26.4 Å². The molecule has 0 nitrogen and oxygen atoms in total. The fraction of sp³-hybridized carbons (Fsp3) is 0.294. The summed E-state index contributed by atoms with van der Waals surface area (Å²) in [5.41, 5.74) is 1.23. The van der Waals surface area contributed by atoms with Crippen LogP contribution < -0.4 is 0 Å². The van der Waals surface area contributed by atoms with Gasteiger partial charge in [-0.15, -0.1) is 0 Å². The molecule has 0 spiro atoms. The van der Waals surface area contributed by atoms with Crippen molar-refractivity contribution < 1.29 is 13.2 Å². The molecular formula is C17H17F3. The molecule has 0 aliphatic heterocycles. The molecule has 20 heavy (non-hydrogen) atoms.